The van der Waals surface area contributed by atoms with Crippen molar-refractivity contribution in [2.24, 2.45) is 10.9 Å². The topological polar surface area (TPSA) is 41.5 Å². The number of hydrogen-bond acceptors (Lipinski definition) is 3. The normalized spacial score (nSPS) is 20.0. The Bertz CT molecular complexity index is 990. The zero-order valence-electron chi connectivity index (χ0n) is 15.1. The number of halogens is 6. The van der Waals surface area contributed by atoms with Crippen LogP contribution in [0, 0.1) is 5.92 Å². The smallest absolute Gasteiger partial charge is 0.360 e. The molecule has 150 valence electrons. The van der Waals surface area contributed by atoms with Crippen molar-refractivity contribution in [1.29, 1.82) is 0 Å². The number of carbonyl (C=O) groups excluding carboxylic acids is 1. The maximum absolute atomic E-state index is 13.7. The fourth-order valence-corrected chi connectivity index (χ4v) is 3.10. The Labute approximate surface area is 156 Å². The second kappa shape index (κ2) is 6.22. The van der Waals surface area contributed by atoms with Crippen molar-refractivity contribution in [1.82, 2.24) is 0 Å². The van der Waals surface area contributed by atoms with Gasteiger partial charge >= 0.3 is 12.4 Å². The fraction of sp³-hybridized carbons (Fsp3) is 0.368. The summed E-state index contributed by atoms with van der Waals surface area (Å²) in [6.45, 7) is 4.84. The number of nitrogens with zero attached hydrogens (tertiary/aromatic N) is 1. The Morgan fingerprint density at radius 3 is 2.14 bits per heavy atom. The van der Waals surface area contributed by atoms with Crippen molar-refractivity contribution in [3.63, 3.8) is 0 Å². The second-order valence-electron chi connectivity index (χ2n) is 7.10. The second-order valence-corrected chi connectivity index (χ2v) is 7.10. The lowest BCUT2D eigenvalue weighted by Crippen LogP contribution is -2.45. The highest BCUT2D eigenvalue weighted by Gasteiger charge is 2.47. The molecule has 1 N–H and O–H groups in total. The lowest BCUT2D eigenvalue weighted by Gasteiger charge is -2.38. The van der Waals surface area contributed by atoms with Gasteiger partial charge in [0.1, 0.15) is 5.66 Å². The zero-order valence-corrected chi connectivity index (χ0v) is 15.1. The summed E-state index contributed by atoms with van der Waals surface area (Å²) in [5, 5.41) is 2.96. The molecule has 0 fully saturated rings. The highest BCUT2D eigenvalue weighted by molar-refractivity contribution is 6.21. The molecule has 28 heavy (non-hydrogen) atoms. The molecular formula is C19H16F6N2O. The summed E-state index contributed by atoms with van der Waals surface area (Å²) < 4.78 is 80.3. The van der Waals surface area contributed by atoms with Crippen LogP contribution in [0.2, 0.25) is 0 Å². The van der Waals surface area contributed by atoms with Crippen molar-refractivity contribution in [3.8, 4) is 0 Å². The van der Waals surface area contributed by atoms with Gasteiger partial charge in [-0.05, 0) is 24.3 Å². The number of alkyl halides is 6. The van der Waals surface area contributed by atoms with Crippen LogP contribution in [0.15, 0.2) is 35.3 Å². The average Bonchev–Trinajstić information content (AvgIpc) is 2.58. The number of rotatable bonds is 2. The van der Waals surface area contributed by atoms with E-state index in [1.807, 2.05) is 0 Å². The quantitative estimate of drug-likeness (QED) is 0.515. The number of benzene rings is 2. The Morgan fingerprint density at radius 2 is 1.64 bits per heavy atom. The number of Topliss-reactive ketones (excluding diaryl/α,β-unsaturated/α-hetero) is 1. The molecule has 0 radical (unpaired) electrons. The van der Waals surface area contributed by atoms with Crippen LogP contribution in [0.5, 0.6) is 0 Å². The number of nitrogens with one attached hydrogen (secondary N) is 1. The van der Waals surface area contributed by atoms with Crippen molar-refractivity contribution in [3.05, 3.63) is 41.5 Å². The summed E-state index contributed by atoms with van der Waals surface area (Å²) in [4.78, 5) is 15.7. The molecule has 0 aliphatic carbocycles. The van der Waals surface area contributed by atoms with Gasteiger partial charge in [-0.2, -0.15) is 26.3 Å². The minimum Gasteiger partial charge on any atom is -0.360 e. The van der Waals surface area contributed by atoms with E-state index in [9.17, 15) is 31.1 Å². The molecule has 0 amide bonds. The Balaban J connectivity index is 2.42. The molecule has 1 unspecified atom stereocenters. The SMILES string of the molecule is CC(C)C1(C)N=C(C(F)(F)F)c2cc(C(=O)C(F)(F)F)c3ccccc3c2N1. The van der Waals surface area contributed by atoms with E-state index in [0.717, 1.165) is 0 Å². The van der Waals surface area contributed by atoms with E-state index in [2.05, 4.69) is 10.3 Å². The first-order valence-corrected chi connectivity index (χ1v) is 8.38. The largest absolute Gasteiger partial charge is 0.454 e. The first-order chi connectivity index (χ1) is 12.8. The molecule has 0 bridgehead atoms. The van der Waals surface area contributed by atoms with Gasteiger partial charge in [0, 0.05) is 16.5 Å². The highest BCUT2D eigenvalue weighted by Crippen LogP contribution is 2.43. The summed E-state index contributed by atoms with van der Waals surface area (Å²) in [6.07, 6.45) is -10.1. The van der Waals surface area contributed by atoms with E-state index < -0.39 is 40.6 Å². The van der Waals surface area contributed by atoms with Crippen LogP contribution >= 0.6 is 0 Å². The molecule has 0 aromatic heterocycles. The number of anilines is 1. The summed E-state index contributed by atoms with van der Waals surface area (Å²) in [6, 6.07) is 6.20. The zero-order chi connectivity index (χ0) is 21.1. The Hall–Kier alpha value is -2.58. The summed E-state index contributed by atoms with van der Waals surface area (Å²) >= 11 is 0. The van der Waals surface area contributed by atoms with Gasteiger partial charge in [0.25, 0.3) is 5.78 Å². The van der Waals surface area contributed by atoms with Gasteiger partial charge in [-0.1, -0.05) is 38.1 Å². The molecule has 0 saturated carbocycles. The van der Waals surface area contributed by atoms with E-state index in [-0.39, 0.29) is 22.4 Å². The number of ketones is 1. The van der Waals surface area contributed by atoms with E-state index in [0.29, 0.717) is 6.07 Å². The molecule has 3 nitrogen and oxygen atoms in total. The van der Waals surface area contributed by atoms with Gasteiger partial charge in [0.2, 0.25) is 0 Å². The van der Waals surface area contributed by atoms with Gasteiger partial charge in [-0.3, -0.25) is 9.79 Å². The van der Waals surface area contributed by atoms with E-state index >= 15 is 0 Å². The third-order valence-electron chi connectivity index (χ3n) is 4.92. The van der Waals surface area contributed by atoms with Crippen LogP contribution in [-0.2, 0) is 0 Å². The van der Waals surface area contributed by atoms with Crippen LogP contribution in [0.3, 0.4) is 0 Å². The predicted molar refractivity (Wildman–Crippen MR) is 93.8 cm³/mol. The third kappa shape index (κ3) is 3.22. The molecule has 3 rings (SSSR count). The first kappa shape index (κ1) is 20.2. The molecular weight excluding hydrogens is 386 g/mol. The third-order valence-corrected chi connectivity index (χ3v) is 4.92. The minimum absolute atomic E-state index is 0.00727. The fourth-order valence-electron chi connectivity index (χ4n) is 3.10. The molecule has 2 aromatic carbocycles. The molecule has 1 heterocycles. The lowest BCUT2D eigenvalue weighted by molar-refractivity contribution is -0.0884. The maximum atomic E-state index is 13.7. The maximum Gasteiger partial charge on any atom is 0.454 e. The molecule has 2 aromatic rings. The Morgan fingerprint density at radius 1 is 1.07 bits per heavy atom. The number of hydrogen-bond donors (Lipinski definition) is 1. The number of fused-ring (bicyclic) bond motifs is 3. The van der Waals surface area contributed by atoms with Crippen molar-refractivity contribution in [2.75, 3.05) is 5.32 Å². The van der Waals surface area contributed by atoms with Crippen LogP contribution in [0.25, 0.3) is 10.8 Å². The standard InChI is InChI=1S/C19H16F6N2O/c1-9(2)17(3)26-14-11-7-5-4-6-10(11)12(16(28)19(23,24)25)8-13(14)15(27-17)18(20,21)22/h4-9,26H,1-3H3. The molecule has 1 aliphatic heterocycles. The van der Waals surface area contributed by atoms with Gasteiger partial charge in [-0.15, -0.1) is 0 Å². The molecule has 0 spiro atoms. The van der Waals surface area contributed by atoms with Crippen LogP contribution in [0.1, 0.15) is 36.7 Å². The van der Waals surface area contributed by atoms with Gasteiger partial charge in [0.15, 0.2) is 5.71 Å². The first-order valence-electron chi connectivity index (χ1n) is 8.38. The summed E-state index contributed by atoms with van der Waals surface area (Å²) in [7, 11) is 0. The Kier molecular flexibility index (Phi) is 4.48. The van der Waals surface area contributed by atoms with Crippen molar-refractivity contribution >= 4 is 28.0 Å². The van der Waals surface area contributed by atoms with Gasteiger partial charge in [-0.25, -0.2) is 0 Å². The van der Waals surface area contributed by atoms with Crippen LogP contribution in [-0.4, -0.2) is 29.5 Å². The van der Waals surface area contributed by atoms with E-state index in [4.69, 9.17) is 0 Å². The van der Waals surface area contributed by atoms with Gasteiger partial charge in [0.05, 0.1) is 5.69 Å². The molecule has 1 aliphatic rings. The van der Waals surface area contributed by atoms with Crippen LogP contribution < -0.4 is 5.32 Å². The van der Waals surface area contributed by atoms with E-state index in [1.54, 1.807) is 13.8 Å². The highest BCUT2D eigenvalue weighted by atomic mass is 19.4. The van der Waals surface area contributed by atoms with E-state index in [1.165, 1.54) is 31.2 Å². The monoisotopic (exact) mass is 402 g/mol. The van der Waals surface area contributed by atoms with Crippen molar-refractivity contribution in [2.45, 2.75) is 38.8 Å². The van der Waals surface area contributed by atoms with Crippen LogP contribution in [0.4, 0.5) is 32.0 Å². The number of carbonyl (C=O) groups is 1. The van der Waals surface area contributed by atoms with Gasteiger partial charge < -0.3 is 5.32 Å². The lowest BCUT2D eigenvalue weighted by atomic mass is 9.88. The number of aliphatic imine (C=N–C) groups is 1. The average molecular weight is 402 g/mol. The minimum atomic E-state index is -5.22. The molecule has 0 saturated heterocycles. The van der Waals surface area contributed by atoms with Crippen molar-refractivity contribution < 1.29 is 31.1 Å². The summed E-state index contributed by atoms with van der Waals surface area (Å²) in [5.41, 5.74) is -4.03. The molecule has 9 heteroatoms. The molecule has 1 atom stereocenters. The predicted octanol–water partition coefficient (Wildman–Crippen LogP) is 5.73. The summed E-state index contributed by atoms with van der Waals surface area (Å²) in [5.74, 6) is -2.56.